The molecular weight excluding hydrogens is 254 g/mol. The van der Waals surface area contributed by atoms with Gasteiger partial charge < -0.3 is 19.9 Å². The van der Waals surface area contributed by atoms with Crippen LogP contribution in [0.1, 0.15) is 13.3 Å². The lowest BCUT2D eigenvalue weighted by molar-refractivity contribution is 0.202. The lowest BCUT2D eigenvalue weighted by Gasteiger charge is -2.16. The van der Waals surface area contributed by atoms with E-state index in [9.17, 15) is 4.79 Å². The Balaban J connectivity index is 2.18. The molecule has 1 aromatic heterocycles. The number of carbonyl (C=O) groups excluding carboxylic acids is 1. The minimum absolute atomic E-state index is 0.0394. The van der Waals surface area contributed by atoms with Crippen LogP contribution in [0.4, 0.5) is 10.5 Å². The van der Waals surface area contributed by atoms with Crippen LogP contribution in [-0.4, -0.2) is 40.8 Å². The summed E-state index contributed by atoms with van der Waals surface area (Å²) in [5.41, 5.74) is 1.89. The number of likely N-dealkylation sites (N-methyl/N-ethyl adjacent to an activating group) is 1. The summed E-state index contributed by atoms with van der Waals surface area (Å²) in [5.74, 6) is 0. The molecule has 0 fully saturated rings. The van der Waals surface area contributed by atoms with E-state index in [4.69, 9.17) is 5.11 Å². The number of hydrogen-bond acceptors (Lipinski definition) is 2. The van der Waals surface area contributed by atoms with Crippen LogP contribution >= 0.6 is 0 Å². The minimum atomic E-state index is -0.216. The van der Waals surface area contributed by atoms with Crippen molar-refractivity contribution < 1.29 is 9.90 Å². The number of benzene rings is 1. The fourth-order valence-electron chi connectivity index (χ4n) is 2.17. The molecule has 0 aliphatic heterocycles. The van der Waals surface area contributed by atoms with E-state index in [-0.39, 0.29) is 12.6 Å². The van der Waals surface area contributed by atoms with E-state index in [1.165, 1.54) is 10.3 Å². The number of rotatable bonds is 5. The van der Waals surface area contributed by atoms with Crippen LogP contribution in [-0.2, 0) is 6.54 Å². The van der Waals surface area contributed by atoms with Crippen LogP contribution in [0.3, 0.4) is 0 Å². The number of hydrogen-bond donors (Lipinski definition) is 2. The molecule has 1 aromatic carbocycles. The largest absolute Gasteiger partial charge is 0.395 e. The Morgan fingerprint density at radius 2 is 2.20 bits per heavy atom. The van der Waals surface area contributed by atoms with Gasteiger partial charge in [0.2, 0.25) is 0 Å². The number of amides is 2. The van der Waals surface area contributed by atoms with E-state index < -0.39 is 0 Å². The van der Waals surface area contributed by atoms with Gasteiger partial charge in [0, 0.05) is 32.0 Å². The SMILES string of the molecule is CCCn1ccc2ccc(NC(=O)N(C)CCO)cc21. The Morgan fingerprint density at radius 1 is 1.40 bits per heavy atom. The van der Waals surface area contributed by atoms with Gasteiger partial charge in [-0.15, -0.1) is 0 Å². The summed E-state index contributed by atoms with van der Waals surface area (Å²) in [7, 11) is 1.66. The van der Waals surface area contributed by atoms with E-state index in [2.05, 4.69) is 29.1 Å². The van der Waals surface area contributed by atoms with Gasteiger partial charge in [-0.3, -0.25) is 0 Å². The molecule has 0 aliphatic rings. The van der Waals surface area contributed by atoms with Crippen LogP contribution in [0.2, 0.25) is 0 Å². The number of nitrogens with one attached hydrogen (secondary N) is 1. The van der Waals surface area contributed by atoms with Crippen LogP contribution in [0.15, 0.2) is 30.5 Å². The summed E-state index contributed by atoms with van der Waals surface area (Å²) in [6.45, 7) is 3.38. The van der Waals surface area contributed by atoms with Gasteiger partial charge in [-0.25, -0.2) is 4.79 Å². The van der Waals surface area contributed by atoms with E-state index >= 15 is 0 Å². The fraction of sp³-hybridized carbons (Fsp3) is 0.400. The van der Waals surface area contributed by atoms with Gasteiger partial charge in [0.15, 0.2) is 0 Å². The summed E-state index contributed by atoms with van der Waals surface area (Å²) in [6, 6.07) is 7.74. The normalized spacial score (nSPS) is 10.8. The molecule has 5 heteroatoms. The molecular formula is C15H21N3O2. The van der Waals surface area contributed by atoms with E-state index in [0.717, 1.165) is 24.2 Å². The number of urea groups is 1. The zero-order valence-electron chi connectivity index (χ0n) is 12.0. The summed E-state index contributed by atoms with van der Waals surface area (Å²) in [5, 5.41) is 12.8. The predicted molar refractivity (Wildman–Crippen MR) is 81.0 cm³/mol. The maximum Gasteiger partial charge on any atom is 0.321 e. The van der Waals surface area contributed by atoms with Gasteiger partial charge in [-0.05, 0) is 30.0 Å². The number of carbonyl (C=O) groups is 1. The lowest BCUT2D eigenvalue weighted by atomic mass is 10.2. The van der Waals surface area contributed by atoms with Gasteiger partial charge in [0.05, 0.1) is 12.1 Å². The van der Waals surface area contributed by atoms with Crippen molar-refractivity contribution in [1.29, 1.82) is 0 Å². The molecule has 2 amide bonds. The van der Waals surface area contributed by atoms with Crippen molar-refractivity contribution in [3.8, 4) is 0 Å². The second-order valence-electron chi connectivity index (χ2n) is 4.86. The van der Waals surface area contributed by atoms with Crippen LogP contribution < -0.4 is 5.32 Å². The van der Waals surface area contributed by atoms with Gasteiger partial charge >= 0.3 is 6.03 Å². The van der Waals surface area contributed by atoms with Crippen LogP contribution in [0.25, 0.3) is 10.9 Å². The molecule has 20 heavy (non-hydrogen) atoms. The first kappa shape index (κ1) is 14.4. The first-order valence-electron chi connectivity index (χ1n) is 6.87. The molecule has 5 nitrogen and oxygen atoms in total. The van der Waals surface area contributed by atoms with Crippen molar-refractivity contribution in [1.82, 2.24) is 9.47 Å². The van der Waals surface area contributed by atoms with Crippen molar-refractivity contribution in [2.24, 2.45) is 0 Å². The number of fused-ring (bicyclic) bond motifs is 1. The summed E-state index contributed by atoms with van der Waals surface area (Å²) >= 11 is 0. The average Bonchev–Trinajstić information content (AvgIpc) is 2.82. The first-order valence-corrected chi connectivity index (χ1v) is 6.87. The highest BCUT2D eigenvalue weighted by Gasteiger charge is 2.09. The van der Waals surface area contributed by atoms with Crippen molar-refractivity contribution in [2.75, 3.05) is 25.5 Å². The molecule has 2 aromatic rings. The molecule has 0 atom stereocenters. The molecule has 2 N–H and O–H groups in total. The highest BCUT2D eigenvalue weighted by molar-refractivity contribution is 5.92. The quantitative estimate of drug-likeness (QED) is 0.881. The average molecular weight is 275 g/mol. The zero-order valence-corrected chi connectivity index (χ0v) is 12.0. The Bertz CT molecular complexity index is 592. The minimum Gasteiger partial charge on any atom is -0.395 e. The smallest absolute Gasteiger partial charge is 0.321 e. The maximum atomic E-state index is 11.9. The molecule has 0 radical (unpaired) electrons. The highest BCUT2D eigenvalue weighted by atomic mass is 16.3. The molecule has 0 aliphatic carbocycles. The number of anilines is 1. The Morgan fingerprint density at radius 3 is 2.90 bits per heavy atom. The third kappa shape index (κ3) is 3.11. The predicted octanol–water partition coefficient (Wildman–Crippen LogP) is 2.51. The molecule has 0 spiro atoms. The Labute approximate surface area is 118 Å². The second kappa shape index (κ2) is 6.43. The van der Waals surface area contributed by atoms with Crippen molar-refractivity contribution in [3.05, 3.63) is 30.5 Å². The van der Waals surface area contributed by atoms with E-state index in [1.54, 1.807) is 7.05 Å². The summed E-state index contributed by atoms with van der Waals surface area (Å²) in [4.78, 5) is 13.3. The number of aromatic nitrogens is 1. The topological polar surface area (TPSA) is 57.5 Å². The molecule has 2 rings (SSSR count). The van der Waals surface area contributed by atoms with Gasteiger partial charge in [0.25, 0.3) is 0 Å². The zero-order chi connectivity index (χ0) is 14.5. The summed E-state index contributed by atoms with van der Waals surface area (Å²) < 4.78 is 2.18. The van der Waals surface area contributed by atoms with E-state index in [1.807, 2.05) is 18.2 Å². The number of aryl methyl sites for hydroxylation is 1. The molecule has 108 valence electrons. The lowest BCUT2D eigenvalue weighted by Crippen LogP contribution is -2.33. The standard InChI is InChI=1S/C15H21N3O2/c1-3-7-18-8-6-12-4-5-13(11-14(12)18)16-15(20)17(2)9-10-19/h4-6,8,11,19H,3,7,9-10H2,1-2H3,(H,16,20). The summed E-state index contributed by atoms with van der Waals surface area (Å²) in [6.07, 6.45) is 3.14. The third-order valence-corrected chi connectivity index (χ3v) is 3.27. The maximum absolute atomic E-state index is 11.9. The number of nitrogens with zero attached hydrogens (tertiary/aromatic N) is 2. The third-order valence-electron chi connectivity index (χ3n) is 3.27. The van der Waals surface area contributed by atoms with Gasteiger partial charge in [0.1, 0.15) is 0 Å². The molecule has 0 unspecified atom stereocenters. The number of aliphatic hydroxyl groups is 1. The Kier molecular flexibility index (Phi) is 4.63. The van der Waals surface area contributed by atoms with Gasteiger partial charge in [-0.1, -0.05) is 13.0 Å². The van der Waals surface area contributed by atoms with Crippen LogP contribution in [0.5, 0.6) is 0 Å². The fourth-order valence-corrected chi connectivity index (χ4v) is 2.17. The van der Waals surface area contributed by atoms with Gasteiger partial charge in [-0.2, -0.15) is 0 Å². The Hall–Kier alpha value is -2.01. The first-order chi connectivity index (χ1) is 9.65. The van der Waals surface area contributed by atoms with Crippen molar-refractivity contribution in [2.45, 2.75) is 19.9 Å². The molecule has 1 heterocycles. The molecule has 0 saturated carbocycles. The number of aliphatic hydroxyl groups excluding tert-OH is 1. The van der Waals surface area contributed by atoms with Crippen molar-refractivity contribution in [3.63, 3.8) is 0 Å². The molecule has 0 bridgehead atoms. The van der Waals surface area contributed by atoms with Crippen LogP contribution in [0, 0.1) is 0 Å². The monoisotopic (exact) mass is 275 g/mol. The highest BCUT2D eigenvalue weighted by Crippen LogP contribution is 2.21. The van der Waals surface area contributed by atoms with E-state index in [0.29, 0.717) is 6.54 Å². The van der Waals surface area contributed by atoms with Crippen molar-refractivity contribution >= 4 is 22.6 Å². The molecule has 0 saturated heterocycles. The second-order valence-corrected chi connectivity index (χ2v) is 4.86.